The third-order valence-corrected chi connectivity index (χ3v) is 5.72. The lowest BCUT2D eigenvalue weighted by Gasteiger charge is -2.22. The van der Waals surface area contributed by atoms with Crippen molar-refractivity contribution in [3.05, 3.63) is 97.0 Å². The lowest BCUT2D eigenvalue weighted by Crippen LogP contribution is -2.38. The van der Waals surface area contributed by atoms with Crippen molar-refractivity contribution in [2.75, 3.05) is 13.2 Å². The van der Waals surface area contributed by atoms with Crippen molar-refractivity contribution in [2.45, 2.75) is 18.9 Å². The molecule has 0 aliphatic rings. The number of halogens is 2. The number of nitrogens with zero attached hydrogens (tertiary/aromatic N) is 2. The number of ether oxygens (including phenoxy) is 3. The smallest absolute Gasteiger partial charge is 0.338 e. The fourth-order valence-electron chi connectivity index (χ4n) is 2.95. The first-order chi connectivity index (χ1) is 16.7. The fraction of sp³-hybridized carbons (Fsp3) is 0.217. The normalized spacial score (nSPS) is 12.5. The van der Waals surface area contributed by atoms with Crippen molar-refractivity contribution >= 4 is 49.6 Å². The molecule has 0 saturated carbocycles. The summed E-state index contributed by atoms with van der Waals surface area (Å²) in [5, 5.41) is 21.8. The quantitative estimate of drug-likeness (QED) is 0.192. The van der Waals surface area contributed by atoms with Crippen LogP contribution in [0.1, 0.15) is 20.7 Å². The van der Waals surface area contributed by atoms with Gasteiger partial charge in [0.15, 0.2) is 6.73 Å². The Hall–Kier alpha value is -3.06. The number of hydrogen-bond acceptors (Lipinski definition) is 8. The summed E-state index contributed by atoms with van der Waals surface area (Å²) in [6.45, 7) is -1.16. The average Bonchev–Trinajstić information content (AvgIpc) is 3.31. The van der Waals surface area contributed by atoms with Gasteiger partial charge in [0.05, 0.1) is 17.3 Å². The second kappa shape index (κ2) is 12.6. The number of rotatable bonds is 11. The van der Waals surface area contributed by atoms with Crippen molar-refractivity contribution in [3.8, 4) is 0 Å². The van der Waals surface area contributed by atoms with Gasteiger partial charge in [0.2, 0.25) is 0 Å². The van der Waals surface area contributed by atoms with E-state index in [4.69, 9.17) is 14.2 Å². The van der Waals surface area contributed by atoms with Gasteiger partial charge in [0.25, 0.3) is 0 Å². The number of aromatic nitrogens is 1. The average molecular weight is 612 g/mol. The van der Waals surface area contributed by atoms with Gasteiger partial charge in [0, 0.05) is 15.0 Å². The highest BCUT2D eigenvalue weighted by atomic mass is 79.9. The molecule has 2 atom stereocenters. The summed E-state index contributed by atoms with van der Waals surface area (Å²) in [5.74, 6) is -1.55. The summed E-state index contributed by atoms with van der Waals surface area (Å²) in [4.78, 5) is 35.3. The highest BCUT2D eigenvalue weighted by molar-refractivity contribution is 9.10. The Balaban J connectivity index is 1.66. The van der Waals surface area contributed by atoms with Gasteiger partial charge in [-0.2, -0.15) is 0 Å². The molecular weight excluding hydrogens is 592 g/mol. The zero-order valence-electron chi connectivity index (χ0n) is 18.1. The predicted octanol–water partition coefficient (Wildman–Crippen LogP) is 4.34. The van der Waals surface area contributed by atoms with Crippen LogP contribution in [0.15, 0.2) is 75.8 Å². The van der Waals surface area contributed by atoms with E-state index in [0.29, 0.717) is 8.95 Å². The third-order valence-electron chi connectivity index (χ3n) is 4.73. The van der Waals surface area contributed by atoms with E-state index in [-0.39, 0.29) is 23.7 Å². The van der Waals surface area contributed by atoms with Crippen LogP contribution in [0.3, 0.4) is 0 Å². The maximum absolute atomic E-state index is 12.4. The van der Waals surface area contributed by atoms with Crippen molar-refractivity contribution in [1.82, 2.24) is 4.57 Å². The van der Waals surface area contributed by atoms with E-state index in [9.17, 15) is 24.8 Å². The zero-order chi connectivity index (χ0) is 25.4. The van der Waals surface area contributed by atoms with Gasteiger partial charge in [-0.15, -0.1) is 0 Å². The molecule has 3 rings (SSSR count). The lowest BCUT2D eigenvalue weighted by atomic mass is 10.2. The molecule has 1 heterocycles. The van der Waals surface area contributed by atoms with Crippen LogP contribution >= 0.6 is 31.9 Å². The summed E-state index contributed by atoms with van der Waals surface area (Å²) >= 11 is 6.54. The first-order valence-electron chi connectivity index (χ1n) is 10.2. The van der Waals surface area contributed by atoms with Gasteiger partial charge in [-0.25, -0.2) is 14.2 Å². The van der Waals surface area contributed by atoms with Gasteiger partial charge in [-0.1, -0.05) is 44.0 Å². The molecule has 1 N–H and O–H groups in total. The van der Waals surface area contributed by atoms with Crippen molar-refractivity contribution in [1.29, 1.82) is 0 Å². The Morgan fingerprint density at radius 1 is 0.943 bits per heavy atom. The molecule has 0 fully saturated rings. The van der Waals surface area contributed by atoms with Crippen LogP contribution in [0.2, 0.25) is 0 Å². The van der Waals surface area contributed by atoms with E-state index in [0.717, 1.165) is 0 Å². The number of nitro groups is 1. The molecule has 0 radical (unpaired) electrons. The number of benzene rings is 2. The van der Waals surface area contributed by atoms with Crippen LogP contribution in [0.5, 0.6) is 0 Å². The zero-order valence-corrected chi connectivity index (χ0v) is 21.3. The summed E-state index contributed by atoms with van der Waals surface area (Å²) in [6.07, 6.45) is -1.11. The largest absolute Gasteiger partial charge is 0.459 e. The minimum absolute atomic E-state index is 0.217. The molecule has 0 unspecified atom stereocenters. The van der Waals surface area contributed by atoms with E-state index in [1.807, 2.05) is 0 Å². The maximum Gasteiger partial charge on any atom is 0.338 e. The minimum atomic E-state index is -1.39. The summed E-state index contributed by atoms with van der Waals surface area (Å²) in [7, 11) is 0. The highest BCUT2D eigenvalue weighted by Gasteiger charge is 2.26. The molecular formula is C23H20Br2N2O8. The second-order valence-corrected chi connectivity index (χ2v) is 9.04. The Morgan fingerprint density at radius 3 is 2.06 bits per heavy atom. The molecule has 0 spiro atoms. The fourth-order valence-corrected chi connectivity index (χ4v) is 3.75. The molecule has 1 aromatic heterocycles. The van der Waals surface area contributed by atoms with Gasteiger partial charge in [-0.3, -0.25) is 0 Å². The molecule has 35 heavy (non-hydrogen) atoms. The molecule has 3 aromatic rings. The summed E-state index contributed by atoms with van der Waals surface area (Å²) < 4.78 is 18.7. The van der Waals surface area contributed by atoms with Crippen molar-refractivity contribution in [3.63, 3.8) is 0 Å². The first-order valence-corrected chi connectivity index (χ1v) is 11.8. The first kappa shape index (κ1) is 26.5. The number of hydrogen-bond donors (Lipinski definition) is 1. The number of aliphatic hydroxyl groups is 1. The summed E-state index contributed by atoms with van der Waals surface area (Å²) in [6, 6.07) is 15.8. The molecule has 0 aliphatic carbocycles. The van der Waals surface area contributed by atoms with E-state index in [2.05, 4.69) is 31.9 Å². The molecule has 0 amide bonds. The molecule has 10 nitrogen and oxygen atoms in total. The van der Waals surface area contributed by atoms with Crippen LogP contribution < -0.4 is 0 Å². The molecule has 12 heteroatoms. The SMILES string of the molecule is O=C(OC[C@@H](O)[C@H](COC(=O)c1cccc(Br)c1)OCn1cccc1[N+](=O)[O-])c1cccc(Br)c1. The lowest BCUT2D eigenvalue weighted by molar-refractivity contribution is -0.393. The maximum atomic E-state index is 12.4. The van der Waals surface area contributed by atoms with Gasteiger partial charge >= 0.3 is 17.8 Å². The van der Waals surface area contributed by atoms with Crippen molar-refractivity contribution < 1.29 is 33.8 Å². The standard InChI is InChI=1S/C23H20Br2N2O8/c24-17-6-1-4-15(10-17)22(29)33-12-19(28)20(35-14-26-9-3-8-21(26)27(31)32)13-34-23(30)16-5-2-7-18(25)11-16/h1-11,19-20,28H,12-14H2/t19-,20+/m1/s1. The minimum Gasteiger partial charge on any atom is -0.459 e. The topological polar surface area (TPSA) is 130 Å². The van der Waals surface area contributed by atoms with Gasteiger partial charge in [0.1, 0.15) is 25.4 Å². The number of aliphatic hydroxyl groups excluding tert-OH is 1. The molecule has 2 aromatic carbocycles. The second-order valence-electron chi connectivity index (χ2n) is 7.21. The highest BCUT2D eigenvalue weighted by Crippen LogP contribution is 2.16. The van der Waals surface area contributed by atoms with E-state index >= 15 is 0 Å². The number of esters is 2. The Kier molecular flexibility index (Phi) is 9.55. The Bertz CT molecular complexity index is 1200. The van der Waals surface area contributed by atoms with E-state index in [1.54, 1.807) is 48.5 Å². The number of carbonyl (C=O) groups excluding carboxylic acids is 2. The molecule has 0 saturated heterocycles. The van der Waals surface area contributed by atoms with E-state index < -0.39 is 42.3 Å². The predicted molar refractivity (Wildman–Crippen MR) is 131 cm³/mol. The monoisotopic (exact) mass is 610 g/mol. The van der Waals surface area contributed by atoms with Crippen LogP contribution in [0, 0.1) is 10.1 Å². The van der Waals surface area contributed by atoms with Gasteiger partial charge < -0.3 is 29.4 Å². The van der Waals surface area contributed by atoms with Crippen LogP contribution in [0.25, 0.3) is 0 Å². The Morgan fingerprint density at radius 2 is 1.51 bits per heavy atom. The van der Waals surface area contributed by atoms with Gasteiger partial charge in [-0.05, 0) is 47.4 Å². The molecule has 0 bridgehead atoms. The molecule has 184 valence electrons. The van der Waals surface area contributed by atoms with Crippen LogP contribution in [-0.4, -0.2) is 52.0 Å². The van der Waals surface area contributed by atoms with E-state index in [1.165, 1.54) is 22.9 Å². The van der Waals surface area contributed by atoms with Crippen LogP contribution in [-0.2, 0) is 20.9 Å². The summed E-state index contributed by atoms with van der Waals surface area (Å²) in [5.41, 5.74) is 0.544. The number of carbonyl (C=O) groups is 2. The molecule has 0 aliphatic heterocycles. The van der Waals surface area contributed by atoms with Crippen LogP contribution in [0.4, 0.5) is 5.82 Å². The Labute approximate surface area is 216 Å². The van der Waals surface area contributed by atoms with Crippen molar-refractivity contribution in [2.24, 2.45) is 0 Å². The third kappa shape index (κ3) is 7.72.